The third-order valence-electron chi connectivity index (χ3n) is 4.99. The van der Waals surface area contributed by atoms with E-state index in [0.717, 1.165) is 12.8 Å². The van der Waals surface area contributed by atoms with Gasteiger partial charge in [0.15, 0.2) is 0 Å². The van der Waals surface area contributed by atoms with Crippen LogP contribution < -0.4 is 0 Å². The lowest BCUT2D eigenvalue weighted by Crippen LogP contribution is -2.47. The summed E-state index contributed by atoms with van der Waals surface area (Å²) in [5.41, 5.74) is -0.197. The Morgan fingerprint density at radius 3 is 2.29 bits per heavy atom. The van der Waals surface area contributed by atoms with E-state index in [0.29, 0.717) is 11.8 Å². The van der Waals surface area contributed by atoms with Crippen LogP contribution in [0.3, 0.4) is 0 Å². The molecule has 14 heavy (non-hydrogen) atoms. The molecule has 0 aromatic carbocycles. The fourth-order valence-electron chi connectivity index (χ4n) is 3.72. The monoisotopic (exact) mass is 196 g/mol. The maximum Gasteiger partial charge on any atom is 0.0499 e. The Kier molecular flexibility index (Phi) is 2.24. The topological polar surface area (TPSA) is 40.5 Å². The summed E-state index contributed by atoms with van der Waals surface area (Å²) < 4.78 is 0. The molecular formula is C12H20O2. The van der Waals surface area contributed by atoms with Gasteiger partial charge in [-0.25, -0.2) is 0 Å². The average molecular weight is 196 g/mol. The molecule has 4 unspecified atom stereocenters. The predicted molar refractivity (Wildman–Crippen MR) is 55.7 cm³/mol. The largest absolute Gasteiger partial charge is 0.396 e. The first-order valence-corrected chi connectivity index (χ1v) is 5.54. The highest BCUT2D eigenvalue weighted by Gasteiger charge is 2.61. The third kappa shape index (κ3) is 0.887. The van der Waals surface area contributed by atoms with Gasteiger partial charge in [-0.15, -0.1) is 0 Å². The first kappa shape index (κ1) is 10.2. The Morgan fingerprint density at radius 1 is 1.21 bits per heavy atom. The van der Waals surface area contributed by atoms with Gasteiger partial charge in [-0.2, -0.15) is 0 Å². The van der Waals surface area contributed by atoms with Gasteiger partial charge in [0.25, 0.3) is 0 Å². The molecule has 0 aliphatic heterocycles. The maximum atomic E-state index is 9.66. The molecule has 0 aromatic rings. The number of allylic oxidation sites excluding steroid dienone is 2. The van der Waals surface area contributed by atoms with Crippen LogP contribution in [-0.2, 0) is 0 Å². The van der Waals surface area contributed by atoms with Gasteiger partial charge in [-0.1, -0.05) is 26.0 Å². The van der Waals surface area contributed by atoms with E-state index in [1.54, 1.807) is 0 Å². The van der Waals surface area contributed by atoms with Crippen LogP contribution in [0.4, 0.5) is 0 Å². The Morgan fingerprint density at radius 2 is 1.86 bits per heavy atom. The van der Waals surface area contributed by atoms with Gasteiger partial charge in [-0.05, 0) is 24.7 Å². The minimum absolute atomic E-state index is 0.0822. The number of aliphatic hydroxyl groups is 2. The molecule has 1 fully saturated rings. The Labute approximate surface area is 85.6 Å². The zero-order chi connectivity index (χ0) is 10.4. The average Bonchev–Trinajstić information content (AvgIpc) is 2.77. The molecule has 4 atom stereocenters. The van der Waals surface area contributed by atoms with Gasteiger partial charge in [-0.3, -0.25) is 0 Å². The molecule has 80 valence electrons. The smallest absolute Gasteiger partial charge is 0.0499 e. The second-order valence-corrected chi connectivity index (χ2v) is 5.08. The zero-order valence-corrected chi connectivity index (χ0v) is 9.03. The van der Waals surface area contributed by atoms with Crippen LogP contribution in [0, 0.1) is 22.7 Å². The van der Waals surface area contributed by atoms with Crippen LogP contribution in [0.1, 0.15) is 26.7 Å². The predicted octanol–water partition coefficient (Wildman–Crippen LogP) is 1.58. The molecule has 2 N–H and O–H groups in total. The highest BCUT2D eigenvalue weighted by atomic mass is 16.3. The second kappa shape index (κ2) is 3.07. The number of hydrogen-bond donors (Lipinski definition) is 2. The first-order valence-electron chi connectivity index (χ1n) is 5.54. The fraction of sp³-hybridized carbons (Fsp3) is 0.833. The van der Waals surface area contributed by atoms with Crippen molar-refractivity contribution in [2.75, 3.05) is 13.2 Å². The lowest BCUT2D eigenvalue weighted by atomic mass is 9.58. The number of aliphatic hydroxyl groups excluding tert-OH is 2. The normalized spacial score (nSPS) is 50.3. The number of fused-ring (bicyclic) bond motifs is 2. The fourth-order valence-corrected chi connectivity index (χ4v) is 3.72. The first-order chi connectivity index (χ1) is 6.64. The molecular weight excluding hydrogens is 176 g/mol. The van der Waals surface area contributed by atoms with Crippen molar-refractivity contribution in [3.63, 3.8) is 0 Å². The van der Waals surface area contributed by atoms with Crippen LogP contribution >= 0.6 is 0 Å². The number of rotatable bonds is 3. The summed E-state index contributed by atoms with van der Waals surface area (Å²) in [6, 6.07) is 0. The van der Waals surface area contributed by atoms with E-state index < -0.39 is 0 Å². The molecule has 2 rings (SSSR count). The Hall–Kier alpha value is -0.340. The molecule has 2 bridgehead atoms. The molecule has 0 amide bonds. The SMILES string of the molecule is CCC1(CO)C2C=CC(C2)C1(C)CO. The summed E-state index contributed by atoms with van der Waals surface area (Å²) in [5, 5.41) is 19.3. The summed E-state index contributed by atoms with van der Waals surface area (Å²) >= 11 is 0. The minimum atomic E-state index is -0.115. The highest BCUT2D eigenvalue weighted by Crippen LogP contribution is 2.64. The molecule has 2 heteroatoms. The van der Waals surface area contributed by atoms with Crippen LogP contribution in [0.25, 0.3) is 0 Å². The van der Waals surface area contributed by atoms with Crippen molar-refractivity contribution in [3.05, 3.63) is 12.2 Å². The standard InChI is InChI=1S/C12H20O2/c1-3-12(8-14)10-5-4-9(6-10)11(12,2)7-13/h4-5,9-10,13-14H,3,6-8H2,1-2H3. The van der Waals surface area contributed by atoms with Crippen LogP contribution in [-0.4, -0.2) is 23.4 Å². The molecule has 2 nitrogen and oxygen atoms in total. The molecule has 2 aliphatic rings. The van der Waals surface area contributed by atoms with E-state index in [-0.39, 0.29) is 24.0 Å². The molecule has 0 spiro atoms. The van der Waals surface area contributed by atoms with E-state index in [9.17, 15) is 10.2 Å². The minimum Gasteiger partial charge on any atom is -0.396 e. The Balaban J connectivity index is 2.44. The van der Waals surface area contributed by atoms with E-state index in [1.807, 2.05) is 0 Å². The van der Waals surface area contributed by atoms with Gasteiger partial charge >= 0.3 is 0 Å². The van der Waals surface area contributed by atoms with Crippen molar-refractivity contribution < 1.29 is 10.2 Å². The summed E-state index contributed by atoms with van der Waals surface area (Å²) in [4.78, 5) is 0. The summed E-state index contributed by atoms with van der Waals surface area (Å²) in [6.45, 7) is 4.64. The zero-order valence-electron chi connectivity index (χ0n) is 9.03. The summed E-state index contributed by atoms with van der Waals surface area (Å²) in [5.74, 6) is 0.934. The molecule has 2 aliphatic carbocycles. The Bertz CT molecular complexity index is 255. The van der Waals surface area contributed by atoms with Crippen molar-refractivity contribution in [2.24, 2.45) is 22.7 Å². The van der Waals surface area contributed by atoms with Gasteiger partial charge in [0.1, 0.15) is 0 Å². The second-order valence-electron chi connectivity index (χ2n) is 5.08. The van der Waals surface area contributed by atoms with E-state index in [4.69, 9.17) is 0 Å². The van der Waals surface area contributed by atoms with E-state index >= 15 is 0 Å². The maximum absolute atomic E-state index is 9.66. The lowest BCUT2D eigenvalue weighted by Gasteiger charge is -2.47. The van der Waals surface area contributed by atoms with Crippen LogP contribution in [0.15, 0.2) is 12.2 Å². The lowest BCUT2D eigenvalue weighted by molar-refractivity contribution is -0.0561. The van der Waals surface area contributed by atoms with Crippen LogP contribution in [0.2, 0.25) is 0 Å². The van der Waals surface area contributed by atoms with Crippen molar-refractivity contribution in [1.82, 2.24) is 0 Å². The molecule has 0 heterocycles. The van der Waals surface area contributed by atoms with Crippen molar-refractivity contribution in [3.8, 4) is 0 Å². The molecule has 0 saturated heterocycles. The molecule has 0 aromatic heterocycles. The summed E-state index contributed by atoms with van der Waals surface area (Å²) in [7, 11) is 0. The van der Waals surface area contributed by atoms with Gasteiger partial charge in [0.05, 0.1) is 0 Å². The van der Waals surface area contributed by atoms with Crippen molar-refractivity contribution >= 4 is 0 Å². The van der Waals surface area contributed by atoms with E-state index in [2.05, 4.69) is 26.0 Å². The van der Waals surface area contributed by atoms with Crippen LogP contribution in [0.5, 0.6) is 0 Å². The highest BCUT2D eigenvalue weighted by molar-refractivity contribution is 5.23. The molecule has 1 saturated carbocycles. The molecule has 0 radical (unpaired) electrons. The quantitative estimate of drug-likeness (QED) is 0.673. The van der Waals surface area contributed by atoms with Gasteiger partial charge < -0.3 is 10.2 Å². The van der Waals surface area contributed by atoms with Crippen molar-refractivity contribution in [1.29, 1.82) is 0 Å². The van der Waals surface area contributed by atoms with E-state index in [1.165, 1.54) is 0 Å². The number of hydrogen-bond acceptors (Lipinski definition) is 2. The van der Waals surface area contributed by atoms with Crippen molar-refractivity contribution in [2.45, 2.75) is 26.7 Å². The summed E-state index contributed by atoms with van der Waals surface area (Å²) in [6.07, 6.45) is 6.53. The van der Waals surface area contributed by atoms with Gasteiger partial charge in [0, 0.05) is 24.0 Å². The van der Waals surface area contributed by atoms with Gasteiger partial charge in [0.2, 0.25) is 0 Å². The third-order valence-corrected chi connectivity index (χ3v) is 4.99.